The van der Waals surface area contributed by atoms with Crippen LogP contribution in [-0.4, -0.2) is 534 Å². The van der Waals surface area contributed by atoms with Crippen molar-refractivity contribution in [1.82, 2.24) is 26.6 Å². The summed E-state index contributed by atoms with van der Waals surface area (Å²) in [7, 11) is 0. The Kier molecular flexibility index (Phi) is 38.6. The van der Waals surface area contributed by atoms with Gasteiger partial charge < -0.3 is 250 Å². The van der Waals surface area contributed by atoms with E-state index in [2.05, 4.69) is 26.6 Å². The molecule has 9 aliphatic heterocycles. The third-order valence-corrected chi connectivity index (χ3v) is 22.5. The predicted molar refractivity (Wildman–Crippen MR) is 388 cm³/mol. The normalized spacial score (nSPS) is 46.1. The summed E-state index contributed by atoms with van der Waals surface area (Å²) in [5.74, 6) is -4.75. The Hall–Kier alpha value is -4.45. The standard InChI is InChI=1S/C70H119N5O50/c1-17-37(90)48(101)51(104)66(110-17)108-15-24(89)55(38(91)23(7-76)71-18(2)84)119-64-35(74-21(5)87)46(99)57(30(13-82)115-64)122-68-54(107)59(43(96)32(118-68)16-109-69-60(50(103)42(95)28(11-80)114-69)124-63-34(73-20(4)86)45(98)40(93)26(9-78)112-63)123-70-61(53(106)58(31(14-83)117-70)120-62-33(72-19(3)85)44(97)39(92)25(8-77)111-62)125-65-36(75-22(6)88)47(100)56(29(12-81)116-65)121-67-52(105)49(102)41(94)27(10-79)113-67/h17,23-70,76-83,89-107H,7-16H2,1-6H3,(H,71,84)(H,72,85)(H,73,86)(H,74,87)(H,75,88)/t17-,23-,24+,25+,26+,27+,28+,29+,30+,31+,32+,33+,34+,35+,36+,37+,38+,39+,40+,41-,42+,43+,44+,45+,46+,47+,48+,49-,50-,51-,52+,53-,54-,55+,56+,57+,58+,59-,60-,61-,62-,63-,64-,65-,66+,67-,68-,69-,70+/m0/s1. The summed E-state index contributed by atoms with van der Waals surface area (Å²) in [6.45, 7) is -5.64. The number of nitrogens with one attached hydrogen (secondary N) is 5. The molecule has 0 aliphatic carbocycles. The van der Waals surface area contributed by atoms with Crippen LogP contribution in [0.15, 0.2) is 0 Å². The second-order valence-corrected chi connectivity index (χ2v) is 31.5. The molecule has 0 radical (unpaired) electrons. The van der Waals surface area contributed by atoms with Crippen LogP contribution in [0, 0.1) is 0 Å². The first-order valence-corrected chi connectivity index (χ1v) is 39.9. The van der Waals surface area contributed by atoms with E-state index < -0.39 is 396 Å². The van der Waals surface area contributed by atoms with Crippen molar-refractivity contribution in [3.63, 3.8) is 0 Å². The van der Waals surface area contributed by atoms with E-state index in [1.165, 1.54) is 6.92 Å². The van der Waals surface area contributed by atoms with Crippen molar-refractivity contribution in [3.05, 3.63) is 0 Å². The summed E-state index contributed by atoms with van der Waals surface area (Å²) in [4.78, 5) is 64.2. The maximum Gasteiger partial charge on any atom is 0.217 e. The smallest absolute Gasteiger partial charge is 0.217 e. The molecule has 9 heterocycles. The Morgan fingerprint density at radius 3 is 1.08 bits per heavy atom. The number of amides is 5. The fraction of sp³-hybridized carbons (Fsp3) is 0.929. The van der Waals surface area contributed by atoms with Gasteiger partial charge in [0.2, 0.25) is 29.5 Å². The van der Waals surface area contributed by atoms with Crippen LogP contribution in [0.25, 0.3) is 0 Å². The van der Waals surface area contributed by atoms with E-state index >= 15 is 0 Å². The van der Waals surface area contributed by atoms with Crippen LogP contribution in [0.5, 0.6) is 0 Å². The largest absolute Gasteiger partial charge is 0.394 e. The van der Waals surface area contributed by atoms with Gasteiger partial charge in [-0.15, -0.1) is 0 Å². The Morgan fingerprint density at radius 1 is 0.296 bits per heavy atom. The van der Waals surface area contributed by atoms with Crippen molar-refractivity contribution in [1.29, 1.82) is 0 Å². The number of hydrogen-bond acceptors (Lipinski definition) is 50. The van der Waals surface area contributed by atoms with Crippen LogP contribution in [0.1, 0.15) is 41.5 Å². The van der Waals surface area contributed by atoms with Crippen LogP contribution < -0.4 is 26.6 Å². The summed E-state index contributed by atoms with van der Waals surface area (Å²) in [6, 6.07) is -9.62. The van der Waals surface area contributed by atoms with Crippen molar-refractivity contribution >= 4 is 29.5 Å². The highest BCUT2D eigenvalue weighted by Crippen LogP contribution is 2.41. The van der Waals surface area contributed by atoms with Crippen molar-refractivity contribution in [3.8, 4) is 0 Å². The van der Waals surface area contributed by atoms with Crippen LogP contribution in [-0.2, 0) is 109 Å². The molecule has 9 fully saturated rings. The highest BCUT2D eigenvalue weighted by Gasteiger charge is 2.62. The van der Waals surface area contributed by atoms with Gasteiger partial charge >= 0.3 is 0 Å². The minimum atomic E-state index is -2.72. The zero-order chi connectivity index (χ0) is 92.5. The van der Waals surface area contributed by atoms with Gasteiger partial charge in [0.05, 0.1) is 78.2 Å². The average molecular weight is 1830 g/mol. The monoisotopic (exact) mass is 1830 g/mol. The Morgan fingerprint density at radius 2 is 0.632 bits per heavy atom. The quantitative estimate of drug-likeness (QED) is 0.0277. The molecule has 9 saturated heterocycles. The molecule has 724 valence electrons. The molecular weight excluding hydrogens is 1710 g/mol. The molecule has 0 bridgehead atoms. The fourth-order valence-corrected chi connectivity index (χ4v) is 15.8. The lowest BCUT2D eigenvalue weighted by atomic mass is 9.93. The Labute approximate surface area is 709 Å². The van der Waals surface area contributed by atoms with Crippen LogP contribution in [0.4, 0.5) is 0 Å². The van der Waals surface area contributed by atoms with E-state index in [0.29, 0.717) is 0 Å². The molecular formula is C70H119N5O50. The molecule has 0 saturated carbocycles. The predicted octanol–water partition coefficient (Wildman–Crippen LogP) is -21.4. The number of carbonyl (C=O) groups is 5. The molecule has 125 heavy (non-hydrogen) atoms. The van der Waals surface area contributed by atoms with Gasteiger partial charge in [-0.25, -0.2) is 0 Å². The summed E-state index contributed by atoms with van der Waals surface area (Å²) < 4.78 is 108. The van der Waals surface area contributed by atoms with E-state index in [1.54, 1.807) is 0 Å². The molecule has 0 spiro atoms. The lowest BCUT2D eigenvalue weighted by Crippen LogP contribution is -2.71. The van der Waals surface area contributed by atoms with Gasteiger partial charge in [0.25, 0.3) is 0 Å². The molecule has 0 aromatic carbocycles. The van der Waals surface area contributed by atoms with Crippen LogP contribution >= 0.6 is 0 Å². The van der Waals surface area contributed by atoms with E-state index in [9.17, 15) is 162 Å². The maximum absolute atomic E-state index is 13.3. The summed E-state index contributed by atoms with van der Waals surface area (Å²) in [5.41, 5.74) is 0. The zero-order valence-corrected chi connectivity index (χ0v) is 67.8. The van der Waals surface area contributed by atoms with Crippen LogP contribution in [0.2, 0.25) is 0 Å². The molecule has 9 aliphatic rings. The molecule has 55 heteroatoms. The van der Waals surface area contributed by atoms with E-state index in [1.807, 2.05) is 0 Å². The minimum absolute atomic E-state index is 0.879. The fourth-order valence-electron chi connectivity index (χ4n) is 15.8. The number of hydrogen-bond donors (Lipinski definition) is 32. The average Bonchev–Trinajstić information content (AvgIpc) is 0.749. The van der Waals surface area contributed by atoms with Crippen molar-refractivity contribution in [2.24, 2.45) is 0 Å². The molecule has 9 rings (SSSR count). The van der Waals surface area contributed by atoms with Gasteiger partial charge in [-0.2, -0.15) is 0 Å². The summed E-state index contributed by atoms with van der Waals surface area (Å²) in [5, 5.41) is 315. The molecule has 0 unspecified atom stereocenters. The van der Waals surface area contributed by atoms with E-state index in [0.717, 1.165) is 34.6 Å². The molecule has 0 aromatic rings. The zero-order valence-electron chi connectivity index (χ0n) is 67.8. The van der Waals surface area contributed by atoms with Gasteiger partial charge in [-0.1, -0.05) is 0 Å². The van der Waals surface area contributed by atoms with E-state index in [-0.39, 0.29) is 0 Å². The van der Waals surface area contributed by atoms with Gasteiger partial charge in [0, 0.05) is 34.6 Å². The van der Waals surface area contributed by atoms with Crippen molar-refractivity contribution in [2.45, 2.75) is 342 Å². The van der Waals surface area contributed by atoms with Gasteiger partial charge in [-0.05, 0) is 6.92 Å². The lowest BCUT2D eigenvalue weighted by Gasteiger charge is -2.52. The molecule has 5 amide bonds. The first-order valence-electron chi connectivity index (χ1n) is 39.9. The molecule has 55 nitrogen and oxygen atoms in total. The first-order chi connectivity index (χ1) is 59.0. The summed E-state index contributed by atoms with van der Waals surface area (Å²) in [6.07, 6.45) is -94.2. The second-order valence-electron chi connectivity index (χ2n) is 31.5. The SMILES string of the molecule is CC(=O)N[C@H]1[C@H](O[C@@H]([C@H](O)[C@H](CO)NC(C)=O)[C@H](O)CO[C@@H]2O[C@@H](C)[C@@H](O)[C@@H](O)[C@@H]2O)O[C@H](CO)[C@@H](O[C@@H]2O[C@H](CO[C@H]3O[C@H](CO)[C@@H](O)[C@H](O)[C@@H]3O[C@@H]3O[C@H](CO)[C@@H](O)[C@H](O)[C@H]3NC(C)=O)[C@@H](O)[C@H](O[C@H]3O[C@H](CO)[C@@H](O[C@@H]4O[C@H](CO)[C@@H](O)[C@H](O)[C@H]4NC(C)=O)[C@H](O)[C@@H]3O[C@@H]3O[C@H](CO)[C@@H](O[C@@H]4O[C@H](CO)[C@H](O)[C@H](O)[C@H]4O)[C@H](O)[C@H]3NC(C)=O)[C@@H]2O)[C@@H]1O. The van der Waals surface area contributed by atoms with Crippen molar-refractivity contribution in [2.75, 3.05) is 66.1 Å². The first kappa shape index (κ1) is 104. The van der Waals surface area contributed by atoms with Gasteiger partial charge in [0.15, 0.2) is 56.6 Å². The number of carbonyl (C=O) groups excluding carboxylic acids is 5. The molecule has 32 N–H and O–H groups in total. The Balaban J connectivity index is 1.13. The molecule has 49 atom stereocenters. The topological polar surface area (TPSA) is 858 Å². The van der Waals surface area contributed by atoms with Gasteiger partial charge in [-0.3, -0.25) is 24.0 Å². The highest BCUT2D eigenvalue weighted by molar-refractivity contribution is 5.75. The van der Waals surface area contributed by atoms with Crippen LogP contribution in [0.3, 0.4) is 0 Å². The number of aliphatic hydroxyl groups is 27. The second kappa shape index (κ2) is 46.3. The summed E-state index contributed by atoms with van der Waals surface area (Å²) >= 11 is 0. The third-order valence-electron chi connectivity index (χ3n) is 22.5. The number of ether oxygens (including phenoxy) is 18. The number of rotatable bonds is 36. The van der Waals surface area contributed by atoms with Crippen molar-refractivity contribution < 1.29 is 247 Å². The van der Waals surface area contributed by atoms with E-state index in [4.69, 9.17) is 85.3 Å². The minimum Gasteiger partial charge on any atom is -0.394 e. The maximum atomic E-state index is 13.3. The third kappa shape index (κ3) is 24.1. The van der Waals surface area contributed by atoms with Gasteiger partial charge in [0.1, 0.15) is 232 Å². The number of aliphatic hydroxyl groups excluding tert-OH is 27. The Bertz CT molecular complexity index is 3370. The molecule has 0 aromatic heterocycles. The lowest BCUT2D eigenvalue weighted by molar-refractivity contribution is -0.405. The highest BCUT2D eigenvalue weighted by atomic mass is 16.8.